The molecule has 1 atom stereocenters. The Labute approximate surface area is 135 Å². The molecule has 116 valence electrons. The maximum Gasteiger partial charge on any atom is 0.0677 e. The van der Waals surface area contributed by atoms with Crippen molar-refractivity contribution in [3.8, 4) is 17.2 Å². The Morgan fingerprint density at radius 1 is 1.30 bits per heavy atom. The molecule has 23 heavy (non-hydrogen) atoms. The topological polar surface area (TPSA) is 57.4 Å². The third-order valence-corrected chi connectivity index (χ3v) is 5.09. The molecule has 1 aliphatic carbocycles. The van der Waals surface area contributed by atoms with Crippen molar-refractivity contribution in [1.82, 2.24) is 14.8 Å². The van der Waals surface area contributed by atoms with Gasteiger partial charge in [-0.25, -0.2) is 0 Å². The standard InChI is InChI=1S/C19H20N4/c20-10-8-19(14-4-1-2-5-14)23-13-15(12-22-23)16-6-3-7-18-17(16)9-11-21-18/h3,6-7,9,11-14,19,21H,1-2,4-5,8H2/t19-/m1/s1. The number of hydrogen-bond acceptors (Lipinski definition) is 2. The largest absolute Gasteiger partial charge is 0.361 e. The van der Waals surface area contributed by atoms with Gasteiger partial charge in [-0.15, -0.1) is 0 Å². The first-order chi connectivity index (χ1) is 11.4. The van der Waals surface area contributed by atoms with Crippen molar-refractivity contribution >= 4 is 10.9 Å². The lowest BCUT2D eigenvalue weighted by atomic mass is 9.96. The van der Waals surface area contributed by atoms with Gasteiger partial charge in [0.2, 0.25) is 0 Å². The van der Waals surface area contributed by atoms with Crippen molar-refractivity contribution in [2.75, 3.05) is 0 Å². The number of benzene rings is 1. The normalized spacial score (nSPS) is 16.7. The summed E-state index contributed by atoms with van der Waals surface area (Å²) >= 11 is 0. The summed E-state index contributed by atoms with van der Waals surface area (Å²) in [4.78, 5) is 3.25. The average molecular weight is 304 g/mol. The van der Waals surface area contributed by atoms with Crippen LogP contribution in [0.5, 0.6) is 0 Å². The minimum Gasteiger partial charge on any atom is -0.361 e. The van der Waals surface area contributed by atoms with E-state index in [0.717, 1.165) is 11.1 Å². The molecule has 2 heterocycles. The van der Waals surface area contributed by atoms with Crippen LogP contribution in [0.25, 0.3) is 22.0 Å². The van der Waals surface area contributed by atoms with Gasteiger partial charge in [0.1, 0.15) is 0 Å². The summed E-state index contributed by atoms with van der Waals surface area (Å²) in [6.45, 7) is 0. The molecule has 2 aromatic heterocycles. The Bertz CT molecular complexity index is 846. The van der Waals surface area contributed by atoms with E-state index in [1.54, 1.807) is 0 Å². The van der Waals surface area contributed by atoms with Crippen molar-refractivity contribution in [1.29, 1.82) is 5.26 Å². The van der Waals surface area contributed by atoms with E-state index in [-0.39, 0.29) is 6.04 Å². The Morgan fingerprint density at radius 3 is 3.00 bits per heavy atom. The van der Waals surface area contributed by atoms with Crippen LogP contribution < -0.4 is 0 Å². The van der Waals surface area contributed by atoms with E-state index < -0.39 is 0 Å². The van der Waals surface area contributed by atoms with Crippen LogP contribution in [0.15, 0.2) is 42.9 Å². The second-order valence-corrected chi connectivity index (χ2v) is 6.43. The van der Waals surface area contributed by atoms with Gasteiger partial charge in [-0.05, 0) is 36.5 Å². The van der Waals surface area contributed by atoms with Gasteiger partial charge in [-0.3, -0.25) is 4.68 Å². The molecule has 1 fully saturated rings. The molecule has 3 aromatic rings. The molecular formula is C19H20N4. The highest BCUT2D eigenvalue weighted by molar-refractivity contribution is 5.94. The fraction of sp³-hybridized carbons (Fsp3) is 0.368. The van der Waals surface area contributed by atoms with Crippen LogP contribution in [0, 0.1) is 17.2 Å². The van der Waals surface area contributed by atoms with Crippen molar-refractivity contribution in [2.24, 2.45) is 5.92 Å². The summed E-state index contributed by atoms with van der Waals surface area (Å²) in [7, 11) is 0. The Morgan fingerprint density at radius 2 is 2.17 bits per heavy atom. The zero-order valence-electron chi connectivity index (χ0n) is 13.1. The highest BCUT2D eigenvalue weighted by Gasteiger charge is 2.27. The molecule has 0 radical (unpaired) electrons. The van der Waals surface area contributed by atoms with Crippen LogP contribution in [0.3, 0.4) is 0 Å². The number of hydrogen-bond donors (Lipinski definition) is 1. The van der Waals surface area contributed by atoms with Gasteiger partial charge >= 0.3 is 0 Å². The zero-order chi connectivity index (χ0) is 15.6. The lowest BCUT2D eigenvalue weighted by molar-refractivity contribution is 0.315. The minimum absolute atomic E-state index is 0.210. The number of nitrogens with one attached hydrogen (secondary N) is 1. The minimum atomic E-state index is 0.210. The van der Waals surface area contributed by atoms with Gasteiger partial charge in [-0.1, -0.05) is 25.0 Å². The van der Waals surface area contributed by atoms with Gasteiger partial charge in [0.05, 0.1) is 24.7 Å². The van der Waals surface area contributed by atoms with E-state index in [9.17, 15) is 5.26 Å². The first-order valence-electron chi connectivity index (χ1n) is 8.34. The molecule has 4 heteroatoms. The van der Waals surface area contributed by atoms with Gasteiger partial charge < -0.3 is 4.98 Å². The van der Waals surface area contributed by atoms with Crippen LogP contribution >= 0.6 is 0 Å². The fourth-order valence-corrected chi connectivity index (χ4v) is 3.91. The molecule has 4 nitrogen and oxygen atoms in total. The van der Waals surface area contributed by atoms with Gasteiger partial charge in [-0.2, -0.15) is 10.4 Å². The molecule has 1 saturated carbocycles. The summed E-state index contributed by atoms with van der Waals surface area (Å²) in [5, 5.41) is 15.0. The number of fused-ring (bicyclic) bond motifs is 1. The predicted octanol–water partition coefficient (Wildman–Crippen LogP) is 4.68. The molecular weight excluding hydrogens is 284 g/mol. The molecule has 0 amide bonds. The maximum absolute atomic E-state index is 9.20. The summed E-state index contributed by atoms with van der Waals surface area (Å²) in [5.74, 6) is 0.588. The molecule has 1 N–H and O–H groups in total. The fourth-order valence-electron chi connectivity index (χ4n) is 3.91. The van der Waals surface area contributed by atoms with E-state index in [0.29, 0.717) is 12.3 Å². The van der Waals surface area contributed by atoms with Crippen LogP contribution in [-0.2, 0) is 0 Å². The number of H-pyrrole nitrogens is 1. The van der Waals surface area contributed by atoms with Crippen LogP contribution in [0.4, 0.5) is 0 Å². The van der Waals surface area contributed by atoms with Gasteiger partial charge in [0.15, 0.2) is 0 Å². The van der Waals surface area contributed by atoms with E-state index >= 15 is 0 Å². The monoisotopic (exact) mass is 304 g/mol. The van der Waals surface area contributed by atoms with Crippen LogP contribution in [0.2, 0.25) is 0 Å². The predicted molar refractivity (Wildman–Crippen MR) is 90.7 cm³/mol. The number of aromatic amines is 1. The number of nitrogens with zero attached hydrogens (tertiary/aromatic N) is 3. The zero-order valence-corrected chi connectivity index (χ0v) is 13.1. The molecule has 4 rings (SSSR count). The molecule has 0 aliphatic heterocycles. The number of rotatable bonds is 4. The van der Waals surface area contributed by atoms with Gasteiger partial charge in [0, 0.05) is 28.9 Å². The lowest BCUT2D eigenvalue weighted by Gasteiger charge is -2.21. The first kappa shape index (κ1) is 14.1. The van der Waals surface area contributed by atoms with Crippen LogP contribution in [0.1, 0.15) is 38.1 Å². The first-order valence-corrected chi connectivity index (χ1v) is 8.34. The maximum atomic E-state index is 9.20. The highest BCUT2D eigenvalue weighted by atomic mass is 15.3. The molecule has 0 spiro atoms. The highest BCUT2D eigenvalue weighted by Crippen LogP contribution is 2.37. The summed E-state index contributed by atoms with van der Waals surface area (Å²) < 4.78 is 2.03. The van der Waals surface area contributed by atoms with Crippen molar-refractivity contribution < 1.29 is 0 Å². The second-order valence-electron chi connectivity index (χ2n) is 6.43. The second kappa shape index (κ2) is 5.92. The third-order valence-electron chi connectivity index (χ3n) is 5.09. The van der Waals surface area contributed by atoms with Crippen molar-refractivity contribution in [2.45, 2.75) is 38.1 Å². The SMILES string of the molecule is N#CC[C@H](C1CCCC1)n1cc(-c2cccc3[nH]ccc23)cn1. The summed E-state index contributed by atoms with van der Waals surface area (Å²) in [5.41, 5.74) is 3.45. The lowest BCUT2D eigenvalue weighted by Crippen LogP contribution is -2.17. The molecule has 1 aromatic carbocycles. The number of nitriles is 1. The third kappa shape index (κ3) is 2.53. The Kier molecular flexibility index (Phi) is 3.63. The van der Waals surface area contributed by atoms with Crippen LogP contribution in [-0.4, -0.2) is 14.8 Å². The Hall–Kier alpha value is -2.54. The molecule has 1 aliphatic rings. The average Bonchev–Trinajstić information content (AvgIpc) is 3.32. The van der Waals surface area contributed by atoms with E-state index in [1.807, 2.05) is 17.1 Å². The smallest absolute Gasteiger partial charge is 0.0677 e. The summed E-state index contributed by atoms with van der Waals surface area (Å²) in [6, 6.07) is 10.9. The number of aromatic nitrogens is 3. The van der Waals surface area contributed by atoms with Gasteiger partial charge in [0.25, 0.3) is 0 Å². The van der Waals surface area contributed by atoms with E-state index in [4.69, 9.17) is 0 Å². The molecule has 0 bridgehead atoms. The molecule has 0 unspecified atom stereocenters. The van der Waals surface area contributed by atoms with Crippen molar-refractivity contribution in [3.05, 3.63) is 42.9 Å². The van der Waals surface area contributed by atoms with E-state index in [1.165, 1.54) is 36.6 Å². The van der Waals surface area contributed by atoms with E-state index in [2.05, 4.69) is 46.6 Å². The molecule has 0 saturated heterocycles. The Balaban J connectivity index is 1.70. The quantitative estimate of drug-likeness (QED) is 0.761. The van der Waals surface area contributed by atoms with Crippen molar-refractivity contribution in [3.63, 3.8) is 0 Å². The summed E-state index contributed by atoms with van der Waals surface area (Å²) in [6.07, 6.45) is 11.6.